The summed E-state index contributed by atoms with van der Waals surface area (Å²) in [5.41, 5.74) is 21.7. The zero-order chi connectivity index (χ0) is 40.1. The molecule has 0 saturated carbocycles. The molecule has 0 saturated heterocycles. The summed E-state index contributed by atoms with van der Waals surface area (Å²) in [5.74, 6) is 0. The molecule has 59 heavy (non-hydrogen) atoms. The van der Waals surface area contributed by atoms with Gasteiger partial charge < -0.3 is 4.90 Å². The molecule has 284 valence electrons. The first-order valence-corrected chi connectivity index (χ1v) is 20.8. The van der Waals surface area contributed by atoms with Crippen LogP contribution in [-0.2, 0) is 10.8 Å². The first kappa shape index (κ1) is 36.4. The number of nitrogens with zero attached hydrogens (tertiary/aromatic N) is 1. The van der Waals surface area contributed by atoms with Crippen LogP contribution in [-0.4, -0.2) is 0 Å². The van der Waals surface area contributed by atoms with Gasteiger partial charge in [0, 0.05) is 27.9 Å². The first-order chi connectivity index (χ1) is 28.8. The zero-order valence-electron chi connectivity index (χ0n) is 34.2. The average Bonchev–Trinajstić information content (AvgIpc) is 3.68. The molecule has 0 heterocycles. The van der Waals surface area contributed by atoms with Crippen molar-refractivity contribution in [1.82, 2.24) is 0 Å². The summed E-state index contributed by atoms with van der Waals surface area (Å²) in [6.07, 6.45) is 4.41. The standard InChI is InChI=1S/C58H47N/c1-57(2)53-18-12-11-17-51(53)55-56(57)52-38-31-47(39-54(52)58(55,3)4)46-25-21-40(22-26-46)19-20-41-23-32-48(33-24-41)59(49-34-27-44(28-35-49)42-13-7-5-8-14-42)50-36-29-45(30-37-50)43-15-9-6-10-16-43/h5-39H,1-4H3/b20-19+. The Morgan fingerprint density at radius 1 is 0.322 bits per heavy atom. The molecule has 0 N–H and O–H groups in total. The molecule has 8 aromatic carbocycles. The molecule has 0 fully saturated rings. The third-order valence-electron chi connectivity index (χ3n) is 12.7. The van der Waals surface area contributed by atoms with Crippen molar-refractivity contribution in [3.05, 3.63) is 234 Å². The largest absolute Gasteiger partial charge is 0.311 e. The van der Waals surface area contributed by atoms with E-state index in [0.29, 0.717) is 0 Å². The van der Waals surface area contributed by atoms with Gasteiger partial charge in [0.2, 0.25) is 0 Å². The maximum absolute atomic E-state index is 2.44. The topological polar surface area (TPSA) is 3.24 Å². The number of hydrogen-bond acceptors (Lipinski definition) is 1. The quantitative estimate of drug-likeness (QED) is 0.140. The summed E-state index contributed by atoms with van der Waals surface area (Å²) in [6.45, 7) is 9.59. The molecule has 0 atom stereocenters. The molecule has 0 aliphatic heterocycles. The Labute approximate surface area is 349 Å². The van der Waals surface area contributed by atoms with E-state index < -0.39 is 0 Å². The lowest BCUT2D eigenvalue weighted by Gasteiger charge is -2.28. The molecule has 0 amide bonds. The van der Waals surface area contributed by atoms with Gasteiger partial charge in [-0.3, -0.25) is 0 Å². The van der Waals surface area contributed by atoms with E-state index in [-0.39, 0.29) is 10.8 Å². The minimum atomic E-state index is -0.0558. The molecule has 10 rings (SSSR count). The number of rotatable bonds is 8. The monoisotopic (exact) mass is 757 g/mol. The highest BCUT2D eigenvalue weighted by Crippen LogP contribution is 2.62. The average molecular weight is 758 g/mol. The van der Waals surface area contributed by atoms with Crippen LogP contribution in [0.15, 0.2) is 200 Å². The second-order valence-corrected chi connectivity index (χ2v) is 17.0. The van der Waals surface area contributed by atoms with E-state index in [1.807, 2.05) is 0 Å². The van der Waals surface area contributed by atoms with Gasteiger partial charge in [0.25, 0.3) is 0 Å². The van der Waals surface area contributed by atoms with Crippen molar-refractivity contribution in [3.8, 4) is 33.4 Å². The van der Waals surface area contributed by atoms with Crippen LogP contribution in [0.5, 0.6) is 0 Å². The maximum atomic E-state index is 2.44. The fraction of sp³-hybridized carbons (Fsp3) is 0.103. The van der Waals surface area contributed by atoms with Gasteiger partial charge >= 0.3 is 0 Å². The molecule has 0 spiro atoms. The molecule has 0 radical (unpaired) electrons. The number of hydrogen-bond donors (Lipinski definition) is 0. The molecule has 0 aromatic heterocycles. The smallest absolute Gasteiger partial charge is 0.0462 e. The Balaban J connectivity index is 0.890. The molecule has 1 heteroatoms. The fourth-order valence-electron chi connectivity index (χ4n) is 9.57. The second-order valence-electron chi connectivity index (χ2n) is 17.0. The van der Waals surface area contributed by atoms with Gasteiger partial charge in [-0.05, 0) is 120 Å². The second kappa shape index (κ2) is 14.5. The normalized spacial score (nSPS) is 14.6. The molecular formula is C58H47N. The Hall–Kier alpha value is -6.96. The van der Waals surface area contributed by atoms with Crippen LogP contribution in [0, 0.1) is 0 Å². The summed E-state index contributed by atoms with van der Waals surface area (Å²) in [7, 11) is 0. The zero-order valence-corrected chi connectivity index (χ0v) is 34.2. The molecule has 1 nitrogen and oxygen atoms in total. The van der Waals surface area contributed by atoms with E-state index in [0.717, 1.165) is 22.6 Å². The highest BCUT2D eigenvalue weighted by molar-refractivity contribution is 6.09. The van der Waals surface area contributed by atoms with Crippen molar-refractivity contribution >= 4 is 40.4 Å². The van der Waals surface area contributed by atoms with Gasteiger partial charge in [-0.15, -0.1) is 0 Å². The summed E-state index contributed by atoms with van der Waals surface area (Å²) in [4.78, 5) is 2.33. The Kier molecular flexibility index (Phi) is 8.91. The Morgan fingerprint density at radius 2 is 0.678 bits per heavy atom. The SMILES string of the molecule is CC1(C)C2=C(c3ccccc31)C(C)(C)c1cc(-c3ccc(/C=C/c4ccc(N(c5ccc(-c6ccccc6)cc5)c5ccc(-c6ccccc6)cc5)cc4)cc3)ccc12. The number of fused-ring (bicyclic) bond motifs is 4. The van der Waals surface area contributed by atoms with E-state index in [2.05, 4.69) is 245 Å². The lowest BCUT2D eigenvalue weighted by molar-refractivity contribution is 0.694. The van der Waals surface area contributed by atoms with Crippen LogP contribution >= 0.6 is 0 Å². The van der Waals surface area contributed by atoms with Crippen LogP contribution in [0.2, 0.25) is 0 Å². The Morgan fingerprint density at radius 3 is 1.20 bits per heavy atom. The van der Waals surface area contributed by atoms with E-state index >= 15 is 0 Å². The lowest BCUT2D eigenvalue weighted by Crippen LogP contribution is -2.19. The first-order valence-electron chi connectivity index (χ1n) is 20.8. The molecule has 2 aliphatic carbocycles. The van der Waals surface area contributed by atoms with Crippen molar-refractivity contribution in [3.63, 3.8) is 0 Å². The molecule has 0 bridgehead atoms. The van der Waals surface area contributed by atoms with Crippen LogP contribution in [0.3, 0.4) is 0 Å². The summed E-state index contributed by atoms with van der Waals surface area (Å²) < 4.78 is 0. The molecule has 8 aromatic rings. The fourth-order valence-corrected chi connectivity index (χ4v) is 9.57. The molecule has 2 aliphatic rings. The van der Waals surface area contributed by atoms with E-state index in [1.165, 1.54) is 72.3 Å². The summed E-state index contributed by atoms with van der Waals surface area (Å²) in [5, 5.41) is 0. The van der Waals surface area contributed by atoms with Crippen molar-refractivity contribution in [2.45, 2.75) is 38.5 Å². The van der Waals surface area contributed by atoms with Gasteiger partial charge in [-0.2, -0.15) is 0 Å². The number of anilines is 3. The third kappa shape index (κ3) is 6.44. The Bertz CT molecular complexity index is 2770. The minimum absolute atomic E-state index is 0.00611. The predicted molar refractivity (Wildman–Crippen MR) is 252 cm³/mol. The van der Waals surface area contributed by atoms with Crippen molar-refractivity contribution in [2.75, 3.05) is 4.90 Å². The number of allylic oxidation sites excluding steroid dienone is 2. The highest BCUT2D eigenvalue weighted by Gasteiger charge is 2.49. The summed E-state index contributed by atoms with van der Waals surface area (Å²) >= 11 is 0. The van der Waals surface area contributed by atoms with Crippen molar-refractivity contribution in [2.24, 2.45) is 0 Å². The van der Waals surface area contributed by atoms with Crippen molar-refractivity contribution in [1.29, 1.82) is 0 Å². The molecule has 0 unspecified atom stereocenters. The summed E-state index contributed by atoms with van der Waals surface area (Å²) in [6, 6.07) is 72.8. The maximum Gasteiger partial charge on any atom is 0.0462 e. The minimum Gasteiger partial charge on any atom is -0.311 e. The van der Waals surface area contributed by atoms with Crippen molar-refractivity contribution < 1.29 is 0 Å². The highest BCUT2D eigenvalue weighted by atomic mass is 15.1. The van der Waals surface area contributed by atoms with Crippen LogP contribution in [0.4, 0.5) is 17.1 Å². The lowest BCUT2D eigenvalue weighted by atomic mass is 9.75. The van der Waals surface area contributed by atoms with Crippen LogP contribution in [0.25, 0.3) is 56.7 Å². The van der Waals surface area contributed by atoms with Crippen LogP contribution < -0.4 is 4.90 Å². The van der Waals surface area contributed by atoms with Gasteiger partial charge in [0.15, 0.2) is 0 Å². The van der Waals surface area contributed by atoms with Gasteiger partial charge in [0.05, 0.1) is 0 Å². The van der Waals surface area contributed by atoms with E-state index in [4.69, 9.17) is 0 Å². The van der Waals surface area contributed by atoms with Crippen LogP contribution in [0.1, 0.15) is 61.1 Å². The van der Waals surface area contributed by atoms with Gasteiger partial charge in [-0.1, -0.05) is 198 Å². The van der Waals surface area contributed by atoms with Gasteiger partial charge in [0.1, 0.15) is 0 Å². The number of benzene rings is 8. The molecular weight excluding hydrogens is 711 g/mol. The third-order valence-corrected chi connectivity index (χ3v) is 12.7. The van der Waals surface area contributed by atoms with Gasteiger partial charge in [-0.25, -0.2) is 0 Å². The predicted octanol–water partition coefficient (Wildman–Crippen LogP) is 15.8. The van der Waals surface area contributed by atoms with E-state index in [9.17, 15) is 0 Å². The van der Waals surface area contributed by atoms with E-state index in [1.54, 1.807) is 0 Å².